The van der Waals surface area contributed by atoms with Crippen LogP contribution in [0.3, 0.4) is 0 Å². The van der Waals surface area contributed by atoms with E-state index in [2.05, 4.69) is 10.3 Å². The van der Waals surface area contributed by atoms with Crippen molar-refractivity contribution < 1.29 is 4.92 Å². The van der Waals surface area contributed by atoms with Gasteiger partial charge in [0.05, 0.1) is 4.92 Å². The van der Waals surface area contributed by atoms with Crippen LogP contribution < -0.4 is 5.32 Å². The molecule has 1 heterocycles. The molecule has 0 atom stereocenters. The number of nitrogens with zero attached hydrogens (tertiary/aromatic N) is 2. The Labute approximate surface area is 111 Å². The van der Waals surface area contributed by atoms with Crippen LogP contribution in [0.25, 0.3) is 0 Å². The average molecular weight is 257 g/mol. The van der Waals surface area contributed by atoms with Crippen molar-refractivity contribution in [3.63, 3.8) is 0 Å². The van der Waals surface area contributed by atoms with Crippen LogP contribution >= 0.6 is 0 Å². The van der Waals surface area contributed by atoms with Gasteiger partial charge in [-0.15, -0.1) is 0 Å². The first-order valence-corrected chi connectivity index (χ1v) is 6.06. The highest BCUT2D eigenvalue weighted by atomic mass is 16.6. The fourth-order valence-corrected chi connectivity index (χ4v) is 1.80. The lowest BCUT2D eigenvalue weighted by Gasteiger charge is -2.07. The minimum atomic E-state index is -0.419. The molecule has 0 aliphatic rings. The number of anilines is 1. The Bertz CT molecular complexity index is 570. The molecule has 0 radical (unpaired) electrons. The van der Waals surface area contributed by atoms with E-state index in [1.165, 1.54) is 11.6 Å². The number of hydrogen-bond donors (Lipinski definition) is 1. The molecule has 1 aromatic heterocycles. The summed E-state index contributed by atoms with van der Waals surface area (Å²) in [4.78, 5) is 14.6. The number of aryl methyl sites for hydroxylation is 1. The minimum absolute atomic E-state index is 0.0126. The Morgan fingerprint density at radius 1 is 1.21 bits per heavy atom. The first-order chi connectivity index (χ1) is 9.16. The molecule has 5 nitrogen and oxygen atoms in total. The van der Waals surface area contributed by atoms with Crippen LogP contribution in [0.2, 0.25) is 0 Å². The first-order valence-electron chi connectivity index (χ1n) is 6.06. The molecule has 0 saturated carbocycles. The lowest BCUT2D eigenvalue weighted by atomic mass is 10.1. The third-order valence-electron chi connectivity index (χ3n) is 2.76. The Hall–Kier alpha value is -2.43. The lowest BCUT2D eigenvalue weighted by Crippen LogP contribution is -2.09. The number of aromatic nitrogens is 1. The van der Waals surface area contributed by atoms with Crippen molar-refractivity contribution in [1.82, 2.24) is 4.98 Å². The molecule has 0 fully saturated rings. The number of nitro groups is 1. The first kappa shape index (κ1) is 13.0. The van der Waals surface area contributed by atoms with Gasteiger partial charge in [0.1, 0.15) is 0 Å². The van der Waals surface area contributed by atoms with Gasteiger partial charge in [-0.05, 0) is 25.0 Å². The molecule has 0 aliphatic heterocycles. The molecule has 0 aliphatic carbocycles. The highest BCUT2D eigenvalue weighted by Crippen LogP contribution is 2.21. The molecule has 0 spiro atoms. The monoisotopic (exact) mass is 257 g/mol. The van der Waals surface area contributed by atoms with Crippen LogP contribution in [-0.2, 0) is 6.42 Å². The molecule has 0 saturated heterocycles. The van der Waals surface area contributed by atoms with Gasteiger partial charge in [-0.3, -0.25) is 10.1 Å². The van der Waals surface area contributed by atoms with Gasteiger partial charge >= 0.3 is 5.69 Å². The molecule has 2 aromatic rings. The number of hydrogen-bond acceptors (Lipinski definition) is 4. The Morgan fingerprint density at radius 3 is 2.63 bits per heavy atom. The Balaban J connectivity index is 2.03. The molecule has 0 bridgehead atoms. The van der Waals surface area contributed by atoms with Gasteiger partial charge in [0.2, 0.25) is 5.82 Å². The van der Waals surface area contributed by atoms with E-state index in [1.807, 2.05) is 37.3 Å². The second-order valence-corrected chi connectivity index (χ2v) is 4.24. The summed E-state index contributed by atoms with van der Waals surface area (Å²) in [7, 11) is 0. The van der Waals surface area contributed by atoms with Gasteiger partial charge < -0.3 is 5.32 Å². The highest BCUT2D eigenvalue weighted by Gasteiger charge is 2.14. The minimum Gasteiger partial charge on any atom is -0.364 e. The molecule has 2 rings (SSSR count). The Kier molecular flexibility index (Phi) is 4.07. The van der Waals surface area contributed by atoms with E-state index in [4.69, 9.17) is 0 Å². The fraction of sp³-hybridized carbons (Fsp3) is 0.214. The summed E-state index contributed by atoms with van der Waals surface area (Å²) >= 11 is 0. The zero-order valence-electron chi connectivity index (χ0n) is 10.7. The lowest BCUT2D eigenvalue weighted by molar-refractivity contribution is -0.384. The van der Waals surface area contributed by atoms with Crippen molar-refractivity contribution in [3.05, 3.63) is 63.8 Å². The molecule has 19 heavy (non-hydrogen) atoms. The van der Waals surface area contributed by atoms with Crippen molar-refractivity contribution in [2.45, 2.75) is 13.3 Å². The van der Waals surface area contributed by atoms with Gasteiger partial charge in [-0.2, -0.15) is 0 Å². The second-order valence-electron chi connectivity index (χ2n) is 4.24. The summed E-state index contributed by atoms with van der Waals surface area (Å²) in [6.45, 7) is 2.42. The van der Waals surface area contributed by atoms with Crippen LogP contribution in [-0.4, -0.2) is 16.5 Å². The van der Waals surface area contributed by atoms with Crippen LogP contribution in [0, 0.1) is 17.0 Å². The van der Waals surface area contributed by atoms with E-state index >= 15 is 0 Å². The van der Waals surface area contributed by atoms with E-state index in [0.717, 1.165) is 12.1 Å². The topological polar surface area (TPSA) is 68.1 Å². The summed E-state index contributed by atoms with van der Waals surface area (Å²) in [6.07, 6.45) is 0.799. The summed E-state index contributed by atoms with van der Waals surface area (Å²) in [5.41, 5.74) is 1.96. The molecule has 1 N–H and O–H groups in total. The maximum absolute atomic E-state index is 10.9. The summed E-state index contributed by atoms with van der Waals surface area (Å²) in [5.74, 6) is 0.334. The van der Waals surface area contributed by atoms with E-state index < -0.39 is 4.92 Å². The zero-order chi connectivity index (χ0) is 13.7. The quantitative estimate of drug-likeness (QED) is 0.660. The average Bonchev–Trinajstić information content (AvgIpc) is 2.39. The van der Waals surface area contributed by atoms with Gasteiger partial charge in [0.25, 0.3) is 0 Å². The molecule has 98 valence electrons. The molecular weight excluding hydrogens is 242 g/mol. The van der Waals surface area contributed by atoms with Gasteiger partial charge in [0.15, 0.2) is 0 Å². The number of benzene rings is 1. The normalized spacial score (nSPS) is 10.2. The SMILES string of the molecule is Cc1ccc([N+](=O)[O-])c(NCCc2ccccc2)n1. The van der Waals surface area contributed by atoms with Gasteiger partial charge in [0, 0.05) is 18.3 Å². The van der Waals surface area contributed by atoms with Crippen LogP contribution in [0.4, 0.5) is 11.5 Å². The molecular formula is C14H15N3O2. The highest BCUT2D eigenvalue weighted by molar-refractivity contribution is 5.56. The maximum atomic E-state index is 10.9. The standard InChI is InChI=1S/C14H15N3O2/c1-11-7-8-13(17(18)19)14(16-11)15-10-9-12-5-3-2-4-6-12/h2-8H,9-10H2,1H3,(H,15,16). The smallest absolute Gasteiger partial charge is 0.311 e. The summed E-state index contributed by atoms with van der Waals surface area (Å²) in [6, 6.07) is 13.1. The number of pyridine rings is 1. The fourth-order valence-electron chi connectivity index (χ4n) is 1.80. The van der Waals surface area contributed by atoms with Crippen molar-refractivity contribution >= 4 is 11.5 Å². The molecule has 0 amide bonds. The Morgan fingerprint density at radius 2 is 1.95 bits per heavy atom. The number of rotatable bonds is 5. The van der Waals surface area contributed by atoms with Crippen LogP contribution in [0.5, 0.6) is 0 Å². The van der Waals surface area contributed by atoms with E-state index in [9.17, 15) is 10.1 Å². The van der Waals surface area contributed by atoms with Crippen molar-refractivity contribution in [3.8, 4) is 0 Å². The predicted octanol–water partition coefficient (Wildman–Crippen LogP) is 2.95. The van der Waals surface area contributed by atoms with Gasteiger partial charge in [-0.25, -0.2) is 4.98 Å². The van der Waals surface area contributed by atoms with Crippen molar-refractivity contribution in [2.75, 3.05) is 11.9 Å². The van der Waals surface area contributed by atoms with E-state index in [1.54, 1.807) is 6.07 Å². The zero-order valence-corrected chi connectivity index (χ0v) is 10.7. The largest absolute Gasteiger partial charge is 0.364 e. The second kappa shape index (κ2) is 5.95. The predicted molar refractivity (Wildman–Crippen MR) is 74.3 cm³/mol. The number of nitrogens with one attached hydrogen (secondary N) is 1. The third-order valence-corrected chi connectivity index (χ3v) is 2.76. The summed E-state index contributed by atoms with van der Waals surface area (Å²) < 4.78 is 0. The van der Waals surface area contributed by atoms with Crippen LogP contribution in [0.1, 0.15) is 11.3 Å². The molecule has 5 heteroatoms. The van der Waals surface area contributed by atoms with Gasteiger partial charge in [-0.1, -0.05) is 30.3 Å². The van der Waals surface area contributed by atoms with Crippen LogP contribution in [0.15, 0.2) is 42.5 Å². The third kappa shape index (κ3) is 3.51. The van der Waals surface area contributed by atoms with Crippen molar-refractivity contribution in [2.24, 2.45) is 0 Å². The maximum Gasteiger partial charge on any atom is 0.311 e. The van der Waals surface area contributed by atoms with Crippen molar-refractivity contribution in [1.29, 1.82) is 0 Å². The molecule has 1 aromatic carbocycles. The van der Waals surface area contributed by atoms with E-state index in [0.29, 0.717) is 12.4 Å². The summed E-state index contributed by atoms with van der Waals surface area (Å²) in [5, 5.41) is 13.9. The van der Waals surface area contributed by atoms with E-state index in [-0.39, 0.29) is 5.69 Å². The molecule has 0 unspecified atom stereocenters.